The maximum atomic E-state index is 12.4. The van der Waals surface area contributed by atoms with Gasteiger partial charge in [-0.2, -0.15) is 0 Å². The molecule has 0 aromatic heterocycles. The smallest absolute Gasteiger partial charge is 0.311 e. The second-order valence-electron chi connectivity index (χ2n) is 5.95. The van der Waals surface area contributed by atoms with Crippen LogP contribution >= 0.6 is 0 Å². The Balaban J connectivity index is 2.06. The monoisotopic (exact) mass is 306 g/mol. The van der Waals surface area contributed by atoms with Gasteiger partial charge < -0.3 is 9.64 Å². The van der Waals surface area contributed by atoms with Crippen LogP contribution in [0.2, 0.25) is 0 Å². The van der Waals surface area contributed by atoms with Gasteiger partial charge in [0, 0.05) is 18.2 Å². The number of likely N-dealkylation sites (tertiary alicyclic amines) is 1. The average molecular weight is 306 g/mol. The Morgan fingerprint density at radius 2 is 2.00 bits per heavy atom. The molecule has 22 heavy (non-hydrogen) atoms. The van der Waals surface area contributed by atoms with Crippen LogP contribution in [0.5, 0.6) is 5.75 Å². The van der Waals surface area contributed by atoms with Crippen LogP contribution in [-0.4, -0.2) is 34.4 Å². The fourth-order valence-electron chi connectivity index (χ4n) is 3.02. The zero-order valence-electron chi connectivity index (χ0n) is 13.2. The predicted octanol–water partition coefficient (Wildman–Crippen LogP) is 3.07. The van der Waals surface area contributed by atoms with Crippen LogP contribution in [0.15, 0.2) is 18.2 Å². The highest BCUT2D eigenvalue weighted by molar-refractivity contribution is 5.78. The van der Waals surface area contributed by atoms with E-state index in [1.54, 1.807) is 19.1 Å². The summed E-state index contributed by atoms with van der Waals surface area (Å²) in [6.45, 7) is 5.67. The van der Waals surface area contributed by atoms with E-state index in [-0.39, 0.29) is 36.0 Å². The van der Waals surface area contributed by atoms with Gasteiger partial charge in [-0.25, -0.2) is 0 Å². The Labute approximate surface area is 130 Å². The van der Waals surface area contributed by atoms with Crippen molar-refractivity contribution in [2.75, 3.05) is 6.61 Å². The fourth-order valence-corrected chi connectivity index (χ4v) is 3.02. The molecule has 1 aliphatic heterocycles. The molecule has 1 saturated heterocycles. The number of hydrogen-bond donors (Lipinski definition) is 0. The summed E-state index contributed by atoms with van der Waals surface area (Å²) < 4.78 is 5.43. The van der Waals surface area contributed by atoms with Crippen LogP contribution in [0.25, 0.3) is 0 Å². The molecule has 1 amide bonds. The molecule has 2 atom stereocenters. The lowest BCUT2D eigenvalue weighted by Gasteiger charge is -2.38. The van der Waals surface area contributed by atoms with Crippen LogP contribution in [0.1, 0.15) is 38.7 Å². The molecule has 120 valence electrons. The maximum absolute atomic E-state index is 12.4. The van der Waals surface area contributed by atoms with Crippen LogP contribution in [0.4, 0.5) is 5.69 Å². The summed E-state index contributed by atoms with van der Waals surface area (Å²) in [5, 5.41) is 11.1. The number of carbonyl (C=O) groups is 1. The zero-order valence-corrected chi connectivity index (χ0v) is 13.2. The SMILES string of the molecule is Cc1ccc(OCC(=O)N2[C@H](C)CCC[C@H]2C)c([N+](=O)[O-])c1. The number of nitro groups is 1. The Bertz CT molecular complexity index is 563. The molecule has 6 nitrogen and oxygen atoms in total. The fraction of sp³-hybridized carbons (Fsp3) is 0.562. The largest absolute Gasteiger partial charge is 0.477 e. The van der Waals surface area contributed by atoms with Gasteiger partial charge in [0.25, 0.3) is 5.91 Å². The summed E-state index contributed by atoms with van der Waals surface area (Å²) in [6, 6.07) is 5.11. The topological polar surface area (TPSA) is 72.7 Å². The molecule has 1 aromatic rings. The molecule has 1 heterocycles. The van der Waals surface area contributed by atoms with Gasteiger partial charge in [0.15, 0.2) is 12.4 Å². The summed E-state index contributed by atoms with van der Waals surface area (Å²) in [7, 11) is 0. The second-order valence-corrected chi connectivity index (χ2v) is 5.95. The van der Waals surface area contributed by atoms with Crippen molar-refractivity contribution in [2.45, 2.75) is 52.1 Å². The van der Waals surface area contributed by atoms with Gasteiger partial charge in [-0.15, -0.1) is 0 Å². The zero-order chi connectivity index (χ0) is 16.3. The van der Waals surface area contributed by atoms with E-state index in [1.807, 2.05) is 18.7 Å². The summed E-state index contributed by atoms with van der Waals surface area (Å²) in [5.41, 5.74) is 0.677. The minimum absolute atomic E-state index is 0.104. The predicted molar refractivity (Wildman–Crippen MR) is 82.9 cm³/mol. The van der Waals surface area contributed by atoms with Crippen LogP contribution in [-0.2, 0) is 4.79 Å². The molecule has 1 aromatic carbocycles. The number of amides is 1. The van der Waals surface area contributed by atoms with E-state index < -0.39 is 4.92 Å². The number of ether oxygens (including phenoxy) is 1. The third-order valence-corrected chi connectivity index (χ3v) is 4.14. The molecule has 2 rings (SSSR count). The minimum Gasteiger partial charge on any atom is -0.477 e. The van der Waals surface area contributed by atoms with E-state index in [4.69, 9.17) is 4.74 Å². The number of nitro benzene ring substituents is 1. The van der Waals surface area contributed by atoms with E-state index in [0.29, 0.717) is 0 Å². The van der Waals surface area contributed by atoms with Gasteiger partial charge >= 0.3 is 5.69 Å². The molecular weight excluding hydrogens is 284 g/mol. The van der Waals surface area contributed by atoms with Crippen molar-refractivity contribution in [3.8, 4) is 5.75 Å². The lowest BCUT2D eigenvalue weighted by Crippen LogP contribution is -2.49. The number of rotatable bonds is 4. The lowest BCUT2D eigenvalue weighted by molar-refractivity contribution is -0.385. The quantitative estimate of drug-likeness (QED) is 0.633. The number of aryl methyl sites for hydroxylation is 1. The molecule has 0 bridgehead atoms. The van der Waals surface area contributed by atoms with Crippen molar-refractivity contribution >= 4 is 11.6 Å². The van der Waals surface area contributed by atoms with Crippen molar-refractivity contribution < 1.29 is 14.5 Å². The van der Waals surface area contributed by atoms with E-state index in [0.717, 1.165) is 24.8 Å². The molecule has 0 radical (unpaired) electrons. The third kappa shape index (κ3) is 3.55. The summed E-state index contributed by atoms with van der Waals surface area (Å²) >= 11 is 0. The van der Waals surface area contributed by atoms with E-state index >= 15 is 0 Å². The van der Waals surface area contributed by atoms with E-state index in [9.17, 15) is 14.9 Å². The number of carbonyl (C=O) groups excluding carboxylic acids is 1. The second kappa shape index (κ2) is 6.77. The Morgan fingerprint density at radius 3 is 2.59 bits per heavy atom. The minimum atomic E-state index is -0.487. The Kier molecular flexibility index (Phi) is 5.00. The highest BCUT2D eigenvalue weighted by Gasteiger charge is 2.29. The van der Waals surface area contributed by atoms with Gasteiger partial charge in [-0.1, -0.05) is 6.07 Å². The summed E-state index contributed by atoms with van der Waals surface area (Å²) in [4.78, 5) is 24.8. The molecule has 0 saturated carbocycles. The summed E-state index contributed by atoms with van der Waals surface area (Å²) in [5.74, 6) is 0.0239. The first kappa shape index (κ1) is 16.3. The van der Waals surface area contributed by atoms with Crippen molar-refractivity contribution in [2.24, 2.45) is 0 Å². The Hall–Kier alpha value is -2.11. The normalized spacial score (nSPS) is 21.5. The van der Waals surface area contributed by atoms with Gasteiger partial charge in [0.1, 0.15) is 0 Å². The molecule has 0 aliphatic carbocycles. The highest BCUT2D eigenvalue weighted by atomic mass is 16.6. The molecule has 6 heteroatoms. The standard InChI is InChI=1S/C16H22N2O4/c1-11-7-8-15(14(9-11)18(20)21)22-10-16(19)17-12(2)5-4-6-13(17)3/h7-9,12-13H,4-6,10H2,1-3H3/t12-,13-/m1/s1. The van der Waals surface area contributed by atoms with E-state index in [2.05, 4.69) is 0 Å². The number of piperidine rings is 1. The lowest BCUT2D eigenvalue weighted by atomic mass is 9.97. The first-order chi connectivity index (χ1) is 10.4. The van der Waals surface area contributed by atoms with Gasteiger partial charge in [-0.05, 0) is 51.7 Å². The maximum Gasteiger partial charge on any atom is 0.311 e. The molecule has 1 fully saturated rings. The first-order valence-electron chi connectivity index (χ1n) is 7.59. The van der Waals surface area contributed by atoms with Crippen molar-refractivity contribution in [3.63, 3.8) is 0 Å². The molecule has 1 aliphatic rings. The molecule has 0 N–H and O–H groups in total. The summed E-state index contributed by atoms with van der Waals surface area (Å²) in [6.07, 6.45) is 3.10. The van der Waals surface area contributed by atoms with Crippen molar-refractivity contribution in [3.05, 3.63) is 33.9 Å². The van der Waals surface area contributed by atoms with Gasteiger partial charge in [0.2, 0.25) is 0 Å². The molecule has 0 unspecified atom stereocenters. The number of nitrogens with zero attached hydrogens (tertiary/aromatic N) is 2. The highest BCUT2D eigenvalue weighted by Crippen LogP contribution is 2.28. The van der Waals surface area contributed by atoms with Crippen LogP contribution in [0, 0.1) is 17.0 Å². The Morgan fingerprint density at radius 1 is 1.36 bits per heavy atom. The van der Waals surface area contributed by atoms with Crippen LogP contribution < -0.4 is 4.74 Å². The van der Waals surface area contributed by atoms with Gasteiger partial charge in [0.05, 0.1) is 4.92 Å². The average Bonchev–Trinajstić information content (AvgIpc) is 2.45. The van der Waals surface area contributed by atoms with Crippen molar-refractivity contribution in [1.82, 2.24) is 4.90 Å². The van der Waals surface area contributed by atoms with E-state index in [1.165, 1.54) is 6.07 Å². The number of benzene rings is 1. The first-order valence-corrected chi connectivity index (χ1v) is 7.59. The molecule has 0 spiro atoms. The third-order valence-electron chi connectivity index (χ3n) is 4.14. The van der Waals surface area contributed by atoms with Gasteiger partial charge in [-0.3, -0.25) is 14.9 Å². The van der Waals surface area contributed by atoms with Crippen molar-refractivity contribution in [1.29, 1.82) is 0 Å². The number of hydrogen-bond acceptors (Lipinski definition) is 4. The molecular formula is C16H22N2O4. The van der Waals surface area contributed by atoms with Crippen LogP contribution in [0.3, 0.4) is 0 Å².